The molecular weight excluding hydrogens is 1430 g/mol. The van der Waals surface area contributed by atoms with E-state index in [-0.39, 0.29) is 18.9 Å². The maximum atomic E-state index is 13.6. The third-order valence-electron chi connectivity index (χ3n) is 22.1. The zero-order valence-electron chi connectivity index (χ0n) is 70.6. The van der Waals surface area contributed by atoms with Crippen molar-refractivity contribution in [3.63, 3.8) is 0 Å². The molecule has 0 radical (unpaired) electrons. The monoisotopic (exact) mass is 1600 g/mol. The maximum absolute atomic E-state index is 13.6. The van der Waals surface area contributed by atoms with Crippen LogP contribution in [0.5, 0.6) is 0 Å². The second kappa shape index (κ2) is 72.5. The molecule has 654 valence electrons. The van der Waals surface area contributed by atoms with E-state index >= 15 is 0 Å². The van der Waals surface area contributed by atoms with Gasteiger partial charge in [-0.1, -0.05) is 367 Å². The fourth-order valence-electron chi connectivity index (χ4n) is 14.9. The lowest BCUT2D eigenvalue weighted by Crippen LogP contribution is -2.66. The molecule has 3 fully saturated rings. The van der Waals surface area contributed by atoms with Gasteiger partial charge in [0.15, 0.2) is 18.9 Å². The molecule has 19 heteroatoms. The zero-order valence-corrected chi connectivity index (χ0v) is 70.6. The Bertz CT molecular complexity index is 2460. The van der Waals surface area contributed by atoms with Crippen LogP contribution in [-0.4, -0.2) is 193 Å². The molecule has 17 unspecified atom stereocenters. The van der Waals surface area contributed by atoms with E-state index in [9.17, 15) is 61.0 Å². The minimum Gasteiger partial charge on any atom is -0.394 e. The maximum Gasteiger partial charge on any atom is 0.220 e. The minimum absolute atomic E-state index is 0.245. The average molecular weight is 1600 g/mol. The molecule has 3 rings (SSSR count). The molecule has 19 nitrogen and oxygen atoms in total. The molecule has 113 heavy (non-hydrogen) atoms. The van der Waals surface area contributed by atoms with Crippen LogP contribution in [-0.2, 0) is 33.2 Å². The topological polar surface area (TPSA) is 307 Å². The molecule has 0 aromatic rings. The second-order valence-electron chi connectivity index (χ2n) is 32.0. The Hall–Kier alpha value is -3.55. The molecule has 3 aliphatic rings. The highest BCUT2D eigenvalue weighted by Crippen LogP contribution is 2.34. The lowest BCUT2D eigenvalue weighted by molar-refractivity contribution is -0.379. The van der Waals surface area contributed by atoms with Gasteiger partial charge in [-0.15, -0.1) is 0 Å². The summed E-state index contributed by atoms with van der Waals surface area (Å²) in [5, 5.41) is 121. The number of amides is 1. The average Bonchev–Trinajstić information content (AvgIpc) is 0.780. The van der Waals surface area contributed by atoms with E-state index in [1.54, 1.807) is 0 Å². The largest absolute Gasteiger partial charge is 0.394 e. The molecule has 3 aliphatic heterocycles. The molecule has 0 aliphatic carbocycles. The summed E-state index contributed by atoms with van der Waals surface area (Å²) >= 11 is 0. The predicted molar refractivity (Wildman–Crippen MR) is 457 cm³/mol. The van der Waals surface area contributed by atoms with E-state index < -0.39 is 124 Å². The van der Waals surface area contributed by atoms with Crippen molar-refractivity contribution in [2.24, 2.45) is 0 Å². The normalized spacial score (nSPS) is 25.3. The summed E-state index contributed by atoms with van der Waals surface area (Å²) in [7, 11) is 0. The summed E-state index contributed by atoms with van der Waals surface area (Å²) in [6.45, 7) is 1.73. The molecular formula is C94H165NO18. The van der Waals surface area contributed by atoms with Crippen molar-refractivity contribution in [1.82, 2.24) is 5.32 Å². The Kier molecular flexibility index (Phi) is 66.5. The third-order valence-corrected chi connectivity index (χ3v) is 22.1. The Morgan fingerprint density at radius 2 is 0.611 bits per heavy atom. The summed E-state index contributed by atoms with van der Waals surface area (Å²) in [6.07, 6.45) is 74.7. The van der Waals surface area contributed by atoms with Crippen LogP contribution in [0, 0.1) is 0 Å². The number of carbonyl (C=O) groups is 1. The number of nitrogens with one attached hydrogen (secondary N) is 1. The Morgan fingerprint density at radius 1 is 0.327 bits per heavy atom. The SMILES string of the molecule is CC/C=C\C/C=C\C/C=C\C/C=C\C/C=C\C/C=C\C/C=C\C/C=C\C/C=C\CCCCCCCCCCCCCC(=O)NC(COC1OC(CO)C(OC2OC(CO)C(OC3OC(CO)C(O)C(O)C3O)C(O)C2O)C(O)C1O)C(O)CCCCCCCCCCCCCCCCCCCCCCCCCCCCCCC. The van der Waals surface area contributed by atoms with Crippen LogP contribution in [0.3, 0.4) is 0 Å². The van der Waals surface area contributed by atoms with Gasteiger partial charge in [0.1, 0.15) is 73.2 Å². The van der Waals surface area contributed by atoms with Gasteiger partial charge in [0, 0.05) is 6.42 Å². The third kappa shape index (κ3) is 50.9. The number of aliphatic hydroxyl groups excluding tert-OH is 11. The van der Waals surface area contributed by atoms with Gasteiger partial charge in [-0.2, -0.15) is 0 Å². The van der Waals surface area contributed by atoms with E-state index in [0.29, 0.717) is 12.8 Å². The van der Waals surface area contributed by atoms with Crippen molar-refractivity contribution >= 4 is 5.91 Å². The van der Waals surface area contributed by atoms with Gasteiger partial charge in [0.05, 0.1) is 38.6 Å². The summed E-state index contributed by atoms with van der Waals surface area (Å²) in [5.74, 6) is -0.245. The number of ether oxygens (including phenoxy) is 6. The summed E-state index contributed by atoms with van der Waals surface area (Å²) in [6, 6.07) is -0.898. The van der Waals surface area contributed by atoms with E-state index in [4.69, 9.17) is 28.4 Å². The standard InChI is InChI=1S/C94H165NO18/c1-3-5-7-9-11-13-15-17-19-21-23-25-27-29-31-33-34-35-36-37-38-39-40-41-42-44-46-48-50-52-54-56-58-60-62-64-66-68-70-72-82(100)95-77(78(99)71-69-67-65-63-61-59-57-55-53-51-49-47-45-43-32-30-28-26-24-22-20-18-16-14-12-10-8-6-4-2)76-108-92-88(106)85(103)90(80(74-97)110-92)113-94-89(107)86(104)91(81(75-98)111-94)112-93-87(105)84(102)83(101)79(73-96)109-93/h5,7,11,13,17,19,23,25,29,31,34-35,37-38,40-41,44,46,77-81,83-94,96-99,101-107H,3-4,6,8-10,12,14-16,18,20-22,24,26-28,30,32-33,36,39,42-43,45,47-76H2,1-2H3,(H,95,100)/b7-5-,13-11-,19-17-,25-23-,31-29-,35-34-,38-37-,41-40-,46-44-. The van der Waals surface area contributed by atoms with Gasteiger partial charge in [-0.25, -0.2) is 0 Å². The first kappa shape index (κ1) is 104. The molecule has 12 N–H and O–H groups in total. The van der Waals surface area contributed by atoms with Crippen LogP contribution in [0.25, 0.3) is 0 Å². The Labute approximate surface area is 685 Å². The van der Waals surface area contributed by atoms with Crippen molar-refractivity contribution in [3.8, 4) is 0 Å². The van der Waals surface area contributed by atoms with Crippen LogP contribution < -0.4 is 5.32 Å². The van der Waals surface area contributed by atoms with Gasteiger partial charge >= 0.3 is 0 Å². The first-order chi connectivity index (χ1) is 55.3. The predicted octanol–water partition coefficient (Wildman–Crippen LogP) is 17.6. The van der Waals surface area contributed by atoms with Crippen molar-refractivity contribution in [2.75, 3.05) is 26.4 Å². The van der Waals surface area contributed by atoms with E-state index in [1.807, 2.05) is 0 Å². The Balaban J connectivity index is 1.32. The van der Waals surface area contributed by atoms with Gasteiger partial charge in [0.25, 0.3) is 0 Å². The van der Waals surface area contributed by atoms with Crippen molar-refractivity contribution < 1.29 is 89.4 Å². The number of hydrogen-bond donors (Lipinski definition) is 12. The van der Waals surface area contributed by atoms with Gasteiger partial charge in [-0.05, 0) is 83.5 Å². The van der Waals surface area contributed by atoms with Crippen LogP contribution in [0.15, 0.2) is 109 Å². The number of hydrogen-bond acceptors (Lipinski definition) is 18. The molecule has 1 amide bonds. The minimum atomic E-state index is -1.98. The molecule has 0 aromatic heterocycles. The first-order valence-electron chi connectivity index (χ1n) is 45.6. The first-order valence-corrected chi connectivity index (χ1v) is 45.6. The lowest BCUT2D eigenvalue weighted by Gasteiger charge is -2.48. The fourth-order valence-corrected chi connectivity index (χ4v) is 14.9. The summed E-state index contributed by atoms with van der Waals surface area (Å²) in [4.78, 5) is 13.6. The summed E-state index contributed by atoms with van der Waals surface area (Å²) < 4.78 is 34.6. The van der Waals surface area contributed by atoms with Crippen LogP contribution in [0.2, 0.25) is 0 Å². The van der Waals surface area contributed by atoms with Crippen LogP contribution in [0.4, 0.5) is 0 Å². The van der Waals surface area contributed by atoms with Gasteiger partial charge in [0.2, 0.25) is 5.91 Å². The zero-order chi connectivity index (χ0) is 81.7. The smallest absolute Gasteiger partial charge is 0.220 e. The van der Waals surface area contributed by atoms with Crippen molar-refractivity contribution in [3.05, 3.63) is 109 Å². The molecule has 0 aromatic carbocycles. The highest BCUT2D eigenvalue weighted by molar-refractivity contribution is 5.76. The molecule has 17 atom stereocenters. The van der Waals surface area contributed by atoms with Gasteiger partial charge < -0.3 is 89.9 Å². The highest BCUT2D eigenvalue weighted by atomic mass is 16.8. The number of carbonyl (C=O) groups excluding carboxylic acids is 1. The van der Waals surface area contributed by atoms with Crippen LogP contribution in [0.1, 0.15) is 348 Å². The Morgan fingerprint density at radius 3 is 0.956 bits per heavy atom. The summed E-state index contributed by atoms with van der Waals surface area (Å²) in [5.41, 5.74) is 0. The van der Waals surface area contributed by atoms with E-state index in [0.717, 1.165) is 116 Å². The molecule has 0 spiro atoms. The second-order valence-corrected chi connectivity index (χ2v) is 32.0. The molecule has 0 bridgehead atoms. The van der Waals surface area contributed by atoms with E-state index in [1.165, 1.54) is 199 Å². The highest BCUT2D eigenvalue weighted by Gasteiger charge is 2.54. The van der Waals surface area contributed by atoms with Crippen molar-refractivity contribution in [1.29, 1.82) is 0 Å². The number of aliphatic hydroxyl groups is 11. The quantitative estimate of drug-likeness (QED) is 0.0199. The van der Waals surface area contributed by atoms with Gasteiger partial charge in [-0.3, -0.25) is 4.79 Å². The molecule has 3 saturated heterocycles. The molecule has 0 saturated carbocycles. The van der Waals surface area contributed by atoms with Crippen LogP contribution >= 0.6 is 0 Å². The number of allylic oxidation sites excluding steroid dienone is 18. The van der Waals surface area contributed by atoms with Crippen molar-refractivity contribution in [2.45, 2.75) is 452 Å². The number of unbranched alkanes of at least 4 members (excludes halogenated alkanes) is 39. The van der Waals surface area contributed by atoms with E-state index in [2.05, 4.69) is 129 Å². The number of rotatable bonds is 73. The lowest BCUT2D eigenvalue weighted by atomic mass is 9.96. The fraction of sp³-hybridized carbons (Fsp3) is 0.798. The molecule has 3 heterocycles.